The number of rotatable bonds is 5. The number of carbonyl (C=O) groups is 1. The van der Waals surface area contributed by atoms with Crippen LogP contribution < -0.4 is 5.32 Å². The lowest BCUT2D eigenvalue weighted by molar-refractivity contribution is -0.143. The number of hydrogen-bond donors (Lipinski definition) is 1. The Morgan fingerprint density at radius 1 is 1.50 bits per heavy atom. The molecule has 0 spiro atoms. The van der Waals surface area contributed by atoms with Gasteiger partial charge in [0, 0.05) is 13.2 Å². The maximum Gasteiger partial charge on any atom is 0.327 e. The van der Waals surface area contributed by atoms with Crippen LogP contribution in [-0.4, -0.2) is 32.3 Å². The zero-order chi connectivity index (χ0) is 14.5. The molecule has 0 bridgehead atoms. The maximum absolute atomic E-state index is 13.8. The van der Waals surface area contributed by atoms with Gasteiger partial charge in [0.05, 0.1) is 18.8 Å². The van der Waals surface area contributed by atoms with E-state index >= 15 is 0 Å². The van der Waals surface area contributed by atoms with Crippen LogP contribution in [0.3, 0.4) is 0 Å². The summed E-state index contributed by atoms with van der Waals surface area (Å²) in [6, 6.07) is 2.30. The Morgan fingerprint density at radius 2 is 2.20 bits per heavy atom. The molecule has 0 aromatic heterocycles. The molecule has 1 fully saturated rings. The van der Waals surface area contributed by atoms with Crippen LogP contribution >= 0.6 is 0 Å². The predicted molar refractivity (Wildman–Crippen MR) is 68.1 cm³/mol. The molecule has 0 saturated carbocycles. The lowest BCUT2D eigenvalue weighted by atomic mass is 10.0. The highest BCUT2D eigenvalue weighted by Gasteiger charge is 2.28. The van der Waals surface area contributed by atoms with Crippen LogP contribution in [0.1, 0.15) is 24.4 Å². The van der Waals surface area contributed by atoms with Crippen molar-refractivity contribution in [2.24, 2.45) is 0 Å². The lowest BCUT2D eigenvalue weighted by Crippen LogP contribution is -2.36. The van der Waals surface area contributed by atoms with E-state index in [9.17, 15) is 13.6 Å². The monoisotopic (exact) mass is 285 g/mol. The molecule has 2 unspecified atom stereocenters. The van der Waals surface area contributed by atoms with E-state index < -0.39 is 23.6 Å². The van der Waals surface area contributed by atoms with Gasteiger partial charge in [0.25, 0.3) is 0 Å². The van der Waals surface area contributed by atoms with E-state index in [4.69, 9.17) is 4.74 Å². The highest BCUT2D eigenvalue weighted by molar-refractivity contribution is 5.77. The second-order valence-electron chi connectivity index (χ2n) is 4.63. The molecule has 2 rings (SSSR count). The Hall–Kier alpha value is -1.53. The minimum atomic E-state index is -1.18. The summed E-state index contributed by atoms with van der Waals surface area (Å²) < 4.78 is 37.6. The molecule has 20 heavy (non-hydrogen) atoms. The summed E-state index contributed by atoms with van der Waals surface area (Å²) in [5.74, 6) is -2.28. The minimum Gasteiger partial charge on any atom is -0.468 e. The van der Waals surface area contributed by atoms with Crippen molar-refractivity contribution in [2.45, 2.75) is 25.0 Å². The third-order valence-electron chi connectivity index (χ3n) is 3.30. The molecule has 0 radical (unpaired) electrons. The quantitative estimate of drug-likeness (QED) is 0.840. The molecule has 6 heteroatoms. The minimum absolute atomic E-state index is 0.0445. The van der Waals surface area contributed by atoms with Gasteiger partial charge < -0.3 is 9.47 Å². The third-order valence-corrected chi connectivity index (χ3v) is 3.30. The van der Waals surface area contributed by atoms with Gasteiger partial charge in [0.2, 0.25) is 0 Å². The average molecular weight is 285 g/mol. The van der Waals surface area contributed by atoms with Crippen molar-refractivity contribution >= 4 is 5.97 Å². The molecular weight excluding hydrogens is 268 g/mol. The van der Waals surface area contributed by atoms with Crippen LogP contribution in [-0.2, 0) is 14.3 Å². The summed E-state index contributed by atoms with van der Waals surface area (Å²) in [6.07, 6.45) is 1.77. The number of nitrogens with one attached hydrogen (secondary N) is 1. The predicted octanol–water partition coefficient (Wildman–Crippen LogP) is 1.95. The van der Waals surface area contributed by atoms with Crippen molar-refractivity contribution < 1.29 is 23.0 Å². The standard InChI is InChI=1S/C14H17F2NO3/c1-19-14(18)13(17-8-9-4-3-7-20-9)12-10(15)5-2-6-11(12)16/h2,5-6,9,13,17H,3-4,7-8H2,1H3. The summed E-state index contributed by atoms with van der Waals surface area (Å²) in [6.45, 7) is 1.01. The Balaban J connectivity index is 2.16. The first-order valence-corrected chi connectivity index (χ1v) is 6.50. The van der Waals surface area contributed by atoms with Crippen LogP contribution in [0.4, 0.5) is 8.78 Å². The number of halogens is 2. The van der Waals surface area contributed by atoms with Crippen molar-refractivity contribution in [3.8, 4) is 0 Å². The van der Waals surface area contributed by atoms with Crippen LogP contribution in [0, 0.1) is 11.6 Å². The maximum atomic E-state index is 13.8. The van der Waals surface area contributed by atoms with Crippen molar-refractivity contribution in [3.63, 3.8) is 0 Å². The first kappa shape index (κ1) is 14.9. The molecule has 1 heterocycles. The first-order chi connectivity index (χ1) is 9.63. The van der Waals surface area contributed by atoms with E-state index in [0.717, 1.165) is 25.0 Å². The van der Waals surface area contributed by atoms with Crippen LogP contribution in [0.5, 0.6) is 0 Å². The summed E-state index contributed by atoms with van der Waals surface area (Å²) >= 11 is 0. The summed E-state index contributed by atoms with van der Waals surface area (Å²) in [4.78, 5) is 11.8. The fourth-order valence-electron chi connectivity index (χ4n) is 2.26. The molecule has 110 valence electrons. The lowest BCUT2D eigenvalue weighted by Gasteiger charge is -2.20. The average Bonchev–Trinajstić information content (AvgIpc) is 2.94. The normalized spacial score (nSPS) is 19.9. The number of esters is 1. The van der Waals surface area contributed by atoms with Crippen molar-refractivity contribution in [1.29, 1.82) is 0 Å². The molecule has 1 aromatic rings. The Morgan fingerprint density at radius 3 is 2.75 bits per heavy atom. The van der Waals surface area contributed by atoms with E-state index in [0.29, 0.717) is 13.2 Å². The van der Waals surface area contributed by atoms with Crippen molar-refractivity contribution in [1.82, 2.24) is 5.32 Å². The molecule has 1 N–H and O–H groups in total. The van der Waals surface area contributed by atoms with Crippen LogP contribution in [0.15, 0.2) is 18.2 Å². The third kappa shape index (κ3) is 3.32. The van der Waals surface area contributed by atoms with Gasteiger partial charge in [0.15, 0.2) is 0 Å². The van der Waals surface area contributed by atoms with Crippen molar-refractivity contribution in [3.05, 3.63) is 35.4 Å². The summed E-state index contributed by atoms with van der Waals surface area (Å²) in [5, 5.41) is 2.83. The van der Waals surface area contributed by atoms with Crippen LogP contribution in [0.25, 0.3) is 0 Å². The van der Waals surface area contributed by atoms with E-state index in [2.05, 4.69) is 10.1 Å². The van der Waals surface area contributed by atoms with Gasteiger partial charge in [-0.3, -0.25) is 5.32 Å². The first-order valence-electron chi connectivity index (χ1n) is 6.50. The van der Waals surface area contributed by atoms with Crippen LogP contribution in [0.2, 0.25) is 0 Å². The zero-order valence-corrected chi connectivity index (χ0v) is 11.2. The molecule has 1 saturated heterocycles. The molecule has 0 aliphatic carbocycles. The number of carbonyl (C=O) groups excluding carboxylic acids is 1. The van der Waals surface area contributed by atoms with Gasteiger partial charge in [-0.2, -0.15) is 0 Å². The van der Waals surface area contributed by atoms with Gasteiger partial charge in [-0.1, -0.05) is 6.07 Å². The fraction of sp³-hybridized carbons (Fsp3) is 0.500. The van der Waals surface area contributed by atoms with E-state index in [1.807, 2.05) is 0 Å². The summed E-state index contributed by atoms with van der Waals surface area (Å²) in [5.41, 5.74) is -0.322. The van der Waals surface area contributed by atoms with Crippen molar-refractivity contribution in [2.75, 3.05) is 20.3 Å². The van der Waals surface area contributed by atoms with Gasteiger partial charge in [-0.15, -0.1) is 0 Å². The molecule has 1 aliphatic rings. The zero-order valence-electron chi connectivity index (χ0n) is 11.2. The Labute approximate surface area is 116 Å². The molecule has 0 amide bonds. The molecule has 1 aliphatic heterocycles. The molecular formula is C14H17F2NO3. The molecule has 2 atom stereocenters. The largest absolute Gasteiger partial charge is 0.468 e. The number of hydrogen-bond acceptors (Lipinski definition) is 4. The molecule has 1 aromatic carbocycles. The van der Waals surface area contributed by atoms with Gasteiger partial charge >= 0.3 is 5.97 Å². The second-order valence-corrected chi connectivity index (χ2v) is 4.63. The Bertz CT molecular complexity index is 455. The number of ether oxygens (including phenoxy) is 2. The number of benzene rings is 1. The topological polar surface area (TPSA) is 47.6 Å². The highest BCUT2D eigenvalue weighted by Crippen LogP contribution is 2.22. The van der Waals surface area contributed by atoms with E-state index in [-0.39, 0.29) is 11.7 Å². The van der Waals surface area contributed by atoms with E-state index in [1.165, 1.54) is 13.2 Å². The van der Waals surface area contributed by atoms with E-state index in [1.54, 1.807) is 0 Å². The van der Waals surface area contributed by atoms with Gasteiger partial charge in [-0.05, 0) is 25.0 Å². The summed E-state index contributed by atoms with van der Waals surface area (Å²) in [7, 11) is 1.18. The highest BCUT2D eigenvalue weighted by atomic mass is 19.1. The molecule has 4 nitrogen and oxygen atoms in total. The fourth-order valence-corrected chi connectivity index (χ4v) is 2.26. The smallest absolute Gasteiger partial charge is 0.327 e. The SMILES string of the molecule is COC(=O)C(NCC1CCCO1)c1c(F)cccc1F. The number of methoxy groups -OCH3 is 1. The van der Waals surface area contributed by atoms with Gasteiger partial charge in [-0.25, -0.2) is 13.6 Å². The Kier molecular flexibility index (Phi) is 5.03. The second kappa shape index (κ2) is 6.76. The van der Waals surface area contributed by atoms with Gasteiger partial charge in [0.1, 0.15) is 17.7 Å².